The number of halogens is 3. The molecule has 0 atom stereocenters. The monoisotopic (exact) mass is 329 g/mol. The number of hydrogen-bond acceptors (Lipinski definition) is 3. The van der Waals surface area contributed by atoms with Crippen molar-refractivity contribution in [2.24, 2.45) is 0 Å². The molecule has 0 unspecified atom stereocenters. The molecule has 112 valence electrons. The minimum Gasteiger partial charge on any atom is -0.495 e. The van der Waals surface area contributed by atoms with Crippen LogP contribution < -0.4 is 14.8 Å². The number of nitrogens with one attached hydrogen (secondary N) is 1. The van der Waals surface area contributed by atoms with Gasteiger partial charge in [-0.15, -0.1) is 0 Å². The van der Waals surface area contributed by atoms with Crippen molar-refractivity contribution in [3.8, 4) is 11.5 Å². The zero-order chi connectivity index (χ0) is 15.4. The minimum atomic E-state index is -0.438. The van der Waals surface area contributed by atoms with E-state index < -0.39 is 5.82 Å². The Morgan fingerprint density at radius 2 is 1.76 bits per heavy atom. The first-order chi connectivity index (χ1) is 10.1. The van der Waals surface area contributed by atoms with Crippen molar-refractivity contribution in [2.45, 2.75) is 6.54 Å². The van der Waals surface area contributed by atoms with Crippen LogP contribution in [0, 0.1) is 5.82 Å². The van der Waals surface area contributed by atoms with Gasteiger partial charge in [0.2, 0.25) is 0 Å². The summed E-state index contributed by atoms with van der Waals surface area (Å²) in [5.74, 6) is 0.612. The molecular formula is C15H14Cl2FNO2. The fraction of sp³-hybridized carbons (Fsp3) is 0.200. The van der Waals surface area contributed by atoms with Crippen LogP contribution in [-0.4, -0.2) is 14.2 Å². The first-order valence-corrected chi connectivity index (χ1v) is 6.90. The first kappa shape index (κ1) is 15.7. The molecule has 3 nitrogen and oxygen atoms in total. The summed E-state index contributed by atoms with van der Waals surface area (Å²) in [4.78, 5) is 0. The molecule has 0 aliphatic rings. The lowest BCUT2D eigenvalue weighted by molar-refractivity contribution is 0.404. The molecule has 1 N–H and O–H groups in total. The van der Waals surface area contributed by atoms with Crippen molar-refractivity contribution in [1.82, 2.24) is 0 Å². The Bertz CT molecular complexity index is 650. The largest absolute Gasteiger partial charge is 0.495 e. The summed E-state index contributed by atoms with van der Waals surface area (Å²) >= 11 is 11.8. The molecule has 2 rings (SSSR count). The quantitative estimate of drug-likeness (QED) is 0.857. The molecule has 6 heteroatoms. The average molecular weight is 330 g/mol. The van der Waals surface area contributed by atoms with E-state index in [-0.39, 0.29) is 11.6 Å². The van der Waals surface area contributed by atoms with Crippen LogP contribution >= 0.6 is 23.2 Å². The van der Waals surface area contributed by atoms with Crippen LogP contribution in [0.2, 0.25) is 10.0 Å². The molecule has 0 amide bonds. The molecule has 0 saturated carbocycles. The molecule has 0 heterocycles. The van der Waals surface area contributed by atoms with Gasteiger partial charge in [-0.3, -0.25) is 0 Å². The fourth-order valence-electron chi connectivity index (χ4n) is 1.87. The van der Waals surface area contributed by atoms with E-state index in [1.165, 1.54) is 20.3 Å². The SMILES string of the molecule is COc1cc(NCc2cccc(Cl)c2F)c(OC)cc1Cl. The van der Waals surface area contributed by atoms with Crippen LogP contribution in [0.1, 0.15) is 5.56 Å². The van der Waals surface area contributed by atoms with Crippen molar-refractivity contribution in [3.63, 3.8) is 0 Å². The molecular weight excluding hydrogens is 316 g/mol. The predicted molar refractivity (Wildman–Crippen MR) is 83.3 cm³/mol. The van der Waals surface area contributed by atoms with E-state index in [1.807, 2.05) is 0 Å². The van der Waals surface area contributed by atoms with Gasteiger partial charge in [0.1, 0.15) is 17.3 Å². The third kappa shape index (κ3) is 3.52. The van der Waals surface area contributed by atoms with Gasteiger partial charge in [-0.1, -0.05) is 35.3 Å². The highest BCUT2D eigenvalue weighted by atomic mass is 35.5. The second kappa shape index (κ2) is 6.87. The van der Waals surface area contributed by atoms with Gasteiger partial charge in [-0.25, -0.2) is 4.39 Å². The lowest BCUT2D eigenvalue weighted by Gasteiger charge is -2.14. The van der Waals surface area contributed by atoms with E-state index in [4.69, 9.17) is 32.7 Å². The zero-order valence-electron chi connectivity index (χ0n) is 11.5. The number of ether oxygens (including phenoxy) is 2. The lowest BCUT2D eigenvalue weighted by Crippen LogP contribution is -2.04. The molecule has 0 aliphatic heterocycles. The summed E-state index contributed by atoms with van der Waals surface area (Å²) < 4.78 is 24.3. The van der Waals surface area contributed by atoms with E-state index in [9.17, 15) is 4.39 Å². The van der Waals surface area contributed by atoms with Gasteiger partial charge in [0.25, 0.3) is 0 Å². The summed E-state index contributed by atoms with van der Waals surface area (Å²) in [6.45, 7) is 0.257. The standard InChI is InChI=1S/C15H14Cl2FNO2/c1-20-13-7-12(14(21-2)6-11(13)17)19-8-9-4-3-5-10(16)15(9)18/h3-7,19H,8H2,1-2H3. The highest BCUT2D eigenvalue weighted by Gasteiger charge is 2.11. The first-order valence-electron chi connectivity index (χ1n) is 6.15. The van der Waals surface area contributed by atoms with E-state index in [1.54, 1.807) is 24.3 Å². The van der Waals surface area contributed by atoms with Crippen molar-refractivity contribution < 1.29 is 13.9 Å². The molecule has 0 aliphatic carbocycles. The second-order valence-electron chi connectivity index (χ2n) is 4.25. The smallest absolute Gasteiger partial charge is 0.146 e. The highest BCUT2D eigenvalue weighted by molar-refractivity contribution is 6.32. The van der Waals surface area contributed by atoms with Crippen LogP contribution in [0.3, 0.4) is 0 Å². The molecule has 0 aromatic heterocycles. The minimum absolute atomic E-state index is 0.0925. The van der Waals surface area contributed by atoms with Crippen LogP contribution in [0.25, 0.3) is 0 Å². The Balaban J connectivity index is 2.25. The van der Waals surface area contributed by atoms with E-state index >= 15 is 0 Å². The van der Waals surface area contributed by atoms with Gasteiger partial charge >= 0.3 is 0 Å². The van der Waals surface area contributed by atoms with Gasteiger partial charge in [-0.05, 0) is 6.07 Å². The van der Waals surface area contributed by atoms with Crippen molar-refractivity contribution in [2.75, 3.05) is 19.5 Å². The van der Waals surface area contributed by atoms with Crippen LogP contribution in [-0.2, 0) is 6.54 Å². The topological polar surface area (TPSA) is 30.5 Å². The van der Waals surface area contributed by atoms with Crippen LogP contribution in [0.5, 0.6) is 11.5 Å². The zero-order valence-corrected chi connectivity index (χ0v) is 13.1. The van der Waals surface area contributed by atoms with Crippen molar-refractivity contribution >= 4 is 28.9 Å². The van der Waals surface area contributed by atoms with Crippen molar-refractivity contribution in [1.29, 1.82) is 0 Å². The number of rotatable bonds is 5. The van der Waals surface area contributed by atoms with Crippen LogP contribution in [0.15, 0.2) is 30.3 Å². The maximum Gasteiger partial charge on any atom is 0.146 e. The average Bonchev–Trinajstić information content (AvgIpc) is 2.49. The summed E-state index contributed by atoms with van der Waals surface area (Å²) in [5.41, 5.74) is 1.11. The van der Waals surface area contributed by atoms with E-state index in [0.29, 0.717) is 27.8 Å². The maximum absolute atomic E-state index is 13.8. The Kier molecular flexibility index (Phi) is 5.15. The highest BCUT2D eigenvalue weighted by Crippen LogP contribution is 2.36. The maximum atomic E-state index is 13.8. The van der Waals surface area contributed by atoms with E-state index in [0.717, 1.165) is 0 Å². The van der Waals surface area contributed by atoms with Gasteiger partial charge in [0, 0.05) is 24.2 Å². The van der Waals surface area contributed by atoms with Gasteiger partial charge in [0.05, 0.1) is 30.0 Å². The van der Waals surface area contributed by atoms with Gasteiger partial charge in [-0.2, -0.15) is 0 Å². The molecule has 0 bridgehead atoms. The Hall–Kier alpha value is -1.65. The number of benzene rings is 2. The number of hydrogen-bond donors (Lipinski definition) is 1. The van der Waals surface area contributed by atoms with Gasteiger partial charge < -0.3 is 14.8 Å². The van der Waals surface area contributed by atoms with Gasteiger partial charge in [0.15, 0.2) is 0 Å². The predicted octanol–water partition coefficient (Wildman–Crippen LogP) is 4.76. The third-order valence-corrected chi connectivity index (χ3v) is 3.56. The van der Waals surface area contributed by atoms with Crippen LogP contribution in [0.4, 0.5) is 10.1 Å². The number of anilines is 1. The molecule has 0 radical (unpaired) electrons. The molecule has 2 aromatic carbocycles. The Morgan fingerprint density at radius 1 is 1.05 bits per heavy atom. The third-order valence-electron chi connectivity index (χ3n) is 2.97. The summed E-state index contributed by atoms with van der Waals surface area (Å²) in [7, 11) is 3.05. The summed E-state index contributed by atoms with van der Waals surface area (Å²) in [6.07, 6.45) is 0. The Labute approximate surface area is 132 Å². The fourth-order valence-corrected chi connectivity index (χ4v) is 2.30. The summed E-state index contributed by atoms with van der Waals surface area (Å²) in [6, 6.07) is 8.20. The van der Waals surface area contributed by atoms with E-state index in [2.05, 4.69) is 5.32 Å². The molecule has 0 saturated heterocycles. The summed E-state index contributed by atoms with van der Waals surface area (Å²) in [5, 5.41) is 3.62. The Morgan fingerprint density at radius 3 is 2.43 bits per heavy atom. The normalized spacial score (nSPS) is 10.3. The molecule has 0 spiro atoms. The molecule has 0 fully saturated rings. The lowest BCUT2D eigenvalue weighted by atomic mass is 10.2. The van der Waals surface area contributed by atoms with Crippen molar-refractivity contribution in [3.05, 3.63) is 51.8 Å². The molecule has 2 aromatic rings. The second-order valence-corrected chi connectivity index (χ2v) is 5.07. The number of methoxy groups -OCH3 is 2. The molecule has 21 heavy (non-hydrogen) atoms.